The van der Waals surface area contributed by atoms with E-state index in [1.54, 1.807) is 12.2 Å². The summed E-state index contributed by atoms with van der Waals surface area (Å²) in [5.41, 5.74) is 2.27. The highest BCUT2D eigenvalue weighted by Gasteiger charge is 2.10. The number of carbonyl (C=O) groups is 1. The highest BCUT2D eigenvalue weighted by molar-refractivity contribution is 5.87. The fourth-order valence-corrected chi connectivity index (χ4v) is 4.89. The molecule has 0 saturated heterocycles. The van der Waals surface area contributed by atoms with Crippen molar-refractivity contribution in [2.24, 2.45) is 0 Å². The first-order chi connectivity index (χ1) is 17.3. The summed E-state index contributed by atoms with van der Waals surface area (Å²) in [6.07, 6.45) is 26.3. The molecule has 2 rings (SSSR count). The topological polar surface area (TPSA) is 46.9 Å². The monoisotopic (exact) mass is 481 g/mol. The van der Waals surface area contributed by atoms with Crippen LogP contribution in [0.4, 0.5) is 0 Å². The standard InChI is InChI=1S/C31H51N3O/c1-3-5-6-7-8-9-10-11-12-13-14-15-16-17-18-21-27-34-29-24-20-19-23-28(29)33-30(34)25-26-32-31(35)22-4-2/h4,19-20,22-24H,3,5-18,21,25-27H2,1-2H3,(H,32,35)/b22-4+. The molecule has 0 aliphatic heterocycles. The normalized spacial score (nSPS) is 11.6. The van der Waals surface area contributed by atoms with Gasteiger partial charge < -0.3 is 9.88 Å². The fraction of sp³-hybridized carbons (Fsp3) is 0.677. The van der Waals surface area contributed by atoms with E-state index < -0.39 is 0 Å². The molecule has 0 aliphatic rings. The van der Waals surface area contributed by atoms with Crippen molar-refractivity contribution in [2.45, 2.75) is 130 Å². The number of allylic oxidation sites excluding steroid dienone is 1. The van der Waals surface area contributed by atoms with Crippen molar-refractivity contribution in [3.63, 3.8) is 0 Å². The number of unbranched alkanes of at least 4 members (excludes halogenated alkanes) is 15. The Labute approximate surface area is 215 Å². The number of para-hydroxylation sites is 2. The molecule has 0 radical (unpaired) electrons. The number of nitrogens with zero attached hydrogens (tertiary/aromatic N) is 2. The molecule has 0 bridgehead atoms. The number of carbonyl (C=O) groups excluding carboxylic acids is 1. The molecule has 0 unspecified atom stereocenters. The fourth-order valence-electron chi connectivity index (χ4n) is 4.89. The minimum absolute atomic E-state index is 0.0343. The van der Waals surface area contributed by atoms with Crippen LogP contribution in [0.5, 0.6) is 0 Å². The van der Waals surface area contributed by atoms with Gasteiger partial charge in [-0.15, -0.1) is 0 Å². The zero-order valence-electron chi connectivity index (χ0n) is 22.7. The van der Waals surface area contributed by atoms with Crippen molar-refractivity contribution in [1.82, 2.24) is 14.9 Å². The highest BCUT2D eigenvalue weighted by Crippen LogP contribution is 2.18. The van der Waals surface area contributed by atoms with Crippen LogP contribution >= 0.6 is 0 Å². The molecule has 0 atom stereocenters. The number of aryl methyl sites for hydroxylation is 1. The van der Waals surface area contributed by atoms with E-state index in [1.165, 1.54) is 108 Å². The van der Waals surface area contributed by atoms with Crippen LogP contribution in [0.3, 0.4) is 0 Å². The summed E-state index contributed by atoms with van der Waals surface area (Å²) in [5, 5.41) is 2.95. The van der Waals surface area contributed by atoms with Crippen molar-refractivity contribution >= 4 is 16.9 Å². The molecule has 0 saturated carbocycles. The van der Waals surface area contributed by atoms with Crippen LogP contribution in [0.25, 0.3) is 11.0 Å². The van der Waals surface area contributed by atoms with Gasteiger partial charge in [0.1, 0.15) is 5.82 Å². The summed E-state index contributed by atoms with van der Waals surface area (Å²) >= 11 is 0. The van der Waals surface area contributed by atoms with E-state index in [9.17, 15) is 4.79 Å². The second-order valence-electron chi connectivity index (χ2n) is 10.0. The van der Waals surface area contributed by atoms with E-state index in [4.69, 9.17) is 4.98 Å². The first-order valence-corrected chi connectivity index (χ1v) is 14.6. The van der Waals surface area contributed by atoms with Crippen LogP contribution in [-0.4, -0.2) is 22.0 Å². The molecular formula is C31H51N3O. The maximum Gasteiger partial charge on any atom is 0.243 e. The molecule has 1 amide bonds. The summed E-state index contributed by atoms with van der Waals surface area (Å²) in [6, 6.07) is 8.38. The maximum absolute atomic E-state index is 11.7. The van der Waals surface area contributed by atoms with Crippen LogP contribution in [0, 0.1) is 0 Å². The van der Waals surface area contributed by atoms with Crippen molar-refractivity contribution in [3.8, 4) is 0 Å². The van der Waals surface area contributed by atoms with Crippen LogP contribution < -0.4 is 5.32 Å². The summed E-state index contributed by atoms with van der Waals surface area (Å²) in [6.45, 7) is 5.78. The molecule has 4 nitrogen and oxygen atoms in total. The van der Waals surface area contributed by atoms with Gasteiger partial charge in [-0.3, -0.25) is 4.79 Å². The lowest BCUT2D eigenvalue weighted by molar-refractivity contribution is -0.116. The molecule has 1 aromatic carbocycles. The van der Waals surface area contributed by atoms with E-state index in [0.29, 0.717) is 6.54 Å². The molecule has 2 aromatic rings. The van der Waals surface area contributed by atoms with Crippen LogP contribution in [0.1, 0.15) is 122 Å². The van der Waals surface area contributed by atoms with Crippen LogP contribution in [0.15, 0.2) is 36.4 Å². The van der Waals surface area contributed by atoms with Crippen molar-refractivity contribution in [3.05, 3.63) is 42.2 Å². The number of benzene rings is 1. The van der Waals surface area contributed by atoms with Gasteiger partial charge in [0.2, 0.25) is 5.91 Å². The van der Waals surface area contributed by atoms with Gasteiger partial charge in [-0.25, -0.2) is 4.98 Å². The molecule has 0 aliphatic carbocycles. The van der Waals surface area contributed by atoms with Crippen molar-refractivity contribution in [2.75, 3.05) is 6.54 Å². The largest absolute Gasteiger partial charge is 0.352 e. The Morgan fingerprint density at radius 2 is 1.37 bits per heavy atom. The first kappa shape index (κ1) is 29.1. The second kappa shape index (κ2) is 19.1. The predicted molar refractivity (Wildman–Crippen MR) is 151 cm³/mol. The lowest BCUT2D eigenvalue weighted by Crippen LogP contribution is -2.24. The van der Waals surface area contributed by atoms with Crippen LogP contribution in [0.2, 0.25) is 0 Å². The van der Waals surface area contributed by atoms with E-state index in [1.807, 2.05) is 13.0 Å². The van der Waals surface area contributed by atoms with Gasteiger partial charge >= 0.3 is 0 Å². The third-order valence-electron chi connectivity index (χ3n) is 6.93. The zero-order chi connectivity index (χ0) is 25.0. The molecule has 0 fully saturated rings. The number of nitrogens with one attached hydrogen (secondary N) is 1. The Morgan fingerprint density at radius 3 is 1.94 bits per heavy atom. The van der Waals surface area contributed by atoms with Gasteiger partial charge in [0.15, 0.2) is 0 Å². The average molecular weight is 482 g/mol. The summed E-state index contributed by atoms with van der Waals surface area (Å²) in [5.74, 6) is 1.04. The van der Waals surface area contributed by atoms with E-state index in [-0.39, 0.29) is 5.91 Å². The second-order valence-corrected chi connectivity index (χ2v) is 10.0. The number of hydrogen-bond donors (Lipinski definition) is 1. The molecule has 35 heavy (non-hydrogen) atoms. The molecule has 0 spiro atoms. The molecule has 1 heterocycles. The lowest BCUT2D eigenvalue weighted by atomic mass is 10.0. The number of imidazole rings is 1. The summed E-state index contributed by atoms with van der Waals surface area (Å²) in [4.78, 5) is 16.5. The third kappa shape index (κ3) is 12.4. The summed E-state index contributed by atoms with van der Waals surface area (Å²) < 4.78 is 2.36. The van der Waals surface area contributed by atoms with E-state index in [2.05, 4.69) is 35.0 Å². The zero-order valence-corrected chi connectivity index (χ0v) is 22.7. The SMILES string of the molecule is C/C=C/C(=O)NCCc1nc2ccccc2n1CCCCCCCCCCCCCCCCCC. The molecule has 1 aromatic heterocycles. The number of fused-ring (bicyclic) bond motifs is 1. The highest BCUT2D eigenvalue weighted by atomic mass is 16.1. The average Bonchev–Trinajstić information content (AvgIpc) is 3.21. The van der Waals surface area contributed by atoms with Gasteiger partial charge in [-0.1, -0.05) is 121 Å². The number of amides is 1. The smallest absolute Gasteiger partial charge is 0.243 e. The van der Waals surface area contributed by atoms with Crippen molar-refractivity contribution < 1.29 is 4.79 Å². The number of hydrogen-bond acceptors (Lipinski definition) is 2. The quantitative estimate of drug-likeness (QED) is 0.143. The van der Waals surface area contributed by atoms with Crippen molar-refractivity contribution in [1.29, 1.82) is 0 Å². The van der Waals surface area contributed by atoms with Gasteiger partial charge in [0.25, 0.3) is 0 Å². The van der Waals surface area contributed by atoms with Gasteiger partial charge in [-0.2, -0.15) is 0 Å². The molecular weight excluding hydrogens is 430 g/mol. The van der Waals surface area contributed by atoms with Crippen LogP contribution in [-0.2, 0) is 17.8 Å². The number of aromatic nitrogens is 2. The third-order valence-corrected chi connectivity index (χ3v) is 6.93. The van der Waals surface area contributed by atoms with Gasteiger partial charge in [0.05, 0.1) is 11.0 Å². The van der Waals surface area contributed by atoms with Gasteiger partial charge in [-0.05, 0) is 31.6 Å². The molecule has 4 heteroatoms. The minimum Gasteiger partial charge on any atom is -0.352 e. The number of rotatable bonds is 21. The van der Waals surface area contributed by atoms with E-state index in [0.717, 1.165) is 24.3 Å². The lowest BCUT2D eigenvalue weighted by Gasteiger charge is -2.10. The minimum atomic E-state index is -0.0343. The Kier molecular flexibility index (Phi) is 15.9. The Balaban J connectivity index is 1.55. The Hall–Kier alpha value is -2.10. The van der Waals surface area contributed by atoms with E-state index >= 15 is 0 Å². The van der Waals surface area contributed by atoms with Gasteiger partial charge in [0, 0.05) is 19.5 Å². The predicted octanol–water partition coefficient (Wildman–Crippen LogP) is 8.53. The maximum atomic E-state index is 11.7. The summed E-state index contributed by atoms with van der Waals surface area (Å²) in [7, 11) is 0. The Bertz CT molecular complexity index is 839. The molecule has 1 N–H and O–H groups in total. The Morgan fingerprint density at radius 1 is 0.829 bits per heavy atom. The first-order valence-electron chi connectivity index (χ1n) is 14.6. The molecule has 196 valence electrons.